The molecule has 0 aromatic carbocycles. The zero-order valence-electron chi connectivity index (χ0n) is 10.7. The summed E-state index contributed by atoms with van der Waals surface area (Å²) in [7, 11) is -3.36. The molecule has 102 valence electrons. The lowest BCUT2D eigenvalue weighted by Crippen LogP contribution is -2.33. The van der Waals surface area contributed by atoms with Crippen molar-refractivity contribution in [1.82, 2.24) is 9.29 Å². The minimum atomic E-state index is -3.36. The van der Waals surface area contributed by atoms with Crippen LogP contribution in [0.3, 0.4) is 0 Å². The molecule has 1 fully saturated rings. The number of rotatable bonds is 7. The Morgan fingerprint density at radius 1 is 1.50 bits per heavy atom. The third-order valence-corrected chi connectivity index (χ3v) is 5.05. The predicted molar refractivity (Wildman–Crippen MR) is 70.5 cm³/mol. The van der Waals surface area contributed by atoms with E-state index in [1.165, 1.54) is 6.20 Å². The first-order chi connectivity index (χ1) is 8.57. The van der Waals surface area contributed by atoms with Crippen LogP contribution < -0.4 is 5.73 Å². The van der Waals surface area contributed by atoms with Crippen LogP contribution >= 0.6 is 0 Å². The number of nitrogens with two attached hydrogens (primary N) is 1. The summed E-state index contributed by atoms with van der Waals surface area (Å²) in [5.41, 5.74) is 6.24. The fraction of sp³-hybridized carbons (Fsp3) is 0.667. The molecule has 3 N–H and O–H groups in total. The van der Waals surface area contributed by atoms with Crippen LogP contribution in [0, 0.1) is 5.92 Å². The SMILES string of the molecule is CCCN(CC1CC1)S(=O)(=O)c1c[nH]c(CN)c1. The van der Waals surface area contributed by atoms with Gasteiger partial charge in [-0.25, -0.2) is 8.42 Å². The Kier molecular flexibility index (Phi) is 4.09. The Morgan fingerprint density at radius 2 is 2.22 bits per heavy atom. The largest absolute Gasteiger partial charge is 0.363 e. The summed E-state index contributed by atoms with van der Waals surface area (Å²) in [4.78, 5) is 3.23. The molecule has 5 nitrogen and oxygen atoms in total. The average Bonchev–Trinajstić information content (AvgIpc) is 3.02. The van der Waals surface area contributed by atoms with E-state index < -0.39 is 10.0 Å². The Hall–Kier alpha value is -0.850. The van der Waals surface area contributed by atoms with E-state index in [0.29, 0.717) is 30.4 Å². The van der Waals surface area contributed by atoms with Crippen LogP contribution in [0.25, 0.3) is 0 Å². The molecule has 1 heterocycles. The lowest BCUT2D eigenvalue weighted by molar-refractivity contribution is 0.396. The van der Waals surface area contributed by atoms with Crippen molar-refractivity contribution >= 4 is 10.0 Å². The van der Waals surface area contributed by atoms with Gasteiger partial charge in [0.15, 0.2) is 0 Å². The maximum atomic E-state index is 12.5. The number of sulfonamides is 1. The molecule has 1 aromatic heterocycles. The number of aromatic amines is 1. The minimum absolute atomic E-state index is 0.325. The third-order valence-electron chi connectivity index (χ3n) is 3.21. The molecule has 0 atom stereocenters. The van der Waals surface area contributed by atoms with Gasteiger partial charge in [-0.05, 0) is 31.2 Å². The molecule has 0 spiro atoms. The second-order valence-corrected chi connectivity index (χ2v) is 6.81. The van der Waals surface area contributed by atoms with Crippen molar-refractivity contribution in [2.45, 2.75) is 37.6 Å². The average molecular weight is 271 g/mol. The van der Waals surface area contributed by atoms with E-state index >= 15 is 0 Å². The summed E-state index contributed by atoms with van der Waals surface area (Å²) in [6.07, 6.45) is 4.67. The second kappa shape index (κ2) is 5.42. The van der Waals surface area contributed by atoms with Crippen molar-refractivity contribution in [3.63, 3.8) is 0 Å². The van der Waals surface area contributed by atoms with Crippen LogP contribution in [0.15, 0.2) is 17.2 Å². The molecule has 18 heavy (non-hydrogen) atoms. The van der Waals surface area contributed by atoms with Crippen molar-refractivity contribution in [1.29, 1.82) is 0 Å². The van der Waals surface area contributed by atoms with Gasteiger partial charge in [-0.2, -0.15) is 4.31 Å². The van der Waals surface area contributed by atoms with Gasteiger partial charge in [-0.1, -0.05) is 6.92 Å². The highest BCUT2D eigenvalue weighted by Gasteiger charge is 2.31. The fourth-order valence-electron chi connectivity index (χ4n) is 1.98. The Balaban J connectivity index is 2.19. The molecule has 1 saturated carbocycles. The van der Waals surface area contributed by atoms with Crippen molar-refractivity contribution in [3.8, 4) is 0 Å². The number of aromatic nitrogens is 1. The van der Waals surface area contributed by atoms with Crippen LogP contribution in [-0.2, 0) is 16.6 Å². The van der Waals surface area contributed by atoms with Crippen molar-refractivity contribution in [3.05, 3.63) is 18.0 Å². The van der Waals surface area contributed by atoms with Gasteiger partial charge in [0, 0.05) is 31.5 Å². The molecule has 0 aliphatic heterocycles. The lowest BCUT2D eigenvalue weighted by Gasteiger charge is -2.20. The van der Waals surface area contributed by atoms with Gasteiger partial charge in [0.05, 0.1) is 4.90 Å². The molecule has 0 radical (unpaired) electrons. The van der Waals surface area contributed by atoms with E-state index in [2.05, 4.69) is 4.98 Å². The maximum absolute atomic E-state index is 12.5. The van der Waals surface area contributed by atoms with Crippen molar-refractivity contribution in [2.24, 2.45) is 11.7 Å². The summed E-state index contributed by atoms with van der Waals surface area (Å²) < 4.78 is 26.6. The van der Waals surface area contributed by atoms with Crippen LogP contribution in [0.5, 0.6) is 0 Å². The quantitative estimate of drug-likeness (QED) is 0.784. The number of hydrogen-bond donors (Lipinski definition) is 2. The van der Waals surface area contributed by atoms with Gasteiger partial charge in [0.25, 0.3) is 0 Å². The van der Waals surface area contributed by atoms with E-state index in [4.69, 9.17) is 5.73 Å². The number of hydrogen-bond acceptors (Lipinski definition) is 3. The highest BCUT2D eigenvalue weighted by Crippen LogP contribution is 2.31. The standard InChI is InChI=1S/C12H21N3O2S/c1-2-5-15(9-10-3-4-10)18(16,17)12-6-11(7-13)14-8-12/h6,8,10,14H,2-5,7,9,13H2,1H3. The third kappa shape index (κ3) is 2.93. The lowest BCUT2D eigenvalue weighted by atomic mass is 10.4. The van der Waals surface area contributed by atoms with Gasteiger partial charge in [0.2, 0.25) is 10.0 Å². The van der Waals surface area contributed by atoms with Gasteiger partial charge in [0.1, 0.15) is 0 Å². The molecule has 6 heteroatoms. The predicted octanol–water partition coefficient (Wildman–Crippen LogP) is 1.28. The number of nitrogens with one attached hydrogen (secondary N) is 1. The maximum Gasteiger partial charge on any atom is 0.244 e. The monoisotopic (exact) mass is 271 g/mol. The minimum Gasteiger partial charge on any atom is -0.363 e. The Bertz CT molecular complexity index is 491. The topological polar surface area (TPSA) is 79.2 Å². The Morgan fingerprint density at radius 3 is 2.72 bits per heavy atom. The van der Waals surface area contributed by atoms with Crippen molar-refractivity contribution in [2.75, 3.05) is 13.1 Å². The van der Waals surface area contributed by atoms with Gasteiger partial charge in [-0.3, -0.25) is 0 Å². The molecule has 0 saturated heterocycles. The second-order valence-electron chi connectivity index (χ2n) is 4.87. The van der Waals surface area contributed by atoms with E-state index in [1.54, 1.807) is 10.4 Å². The van der Waals surface area contributed by atoms with Crippen LogP contribution in [0.4, 0.5) is 0 Å². The molecule has 1 aliphatic rings. The zero-order valence-corrected chi connectivity index (χ0v) is 11.5. The van der Waals surface area contributed by atoms with Gasteiger partial charge < -0.3 is 10.7 Å². The van der Waals surface area contributed by atoms with E-state index in [0.717, 1.165) is 25.0 Å². The van der Waals surface area contributed by atoms with Gasteiger partial charge in [-0.15, -0.1) is 0 Å². The first-order valence-electron chi connectivity index (χ1n) is 6.45. The molecule has 2 rings (SSSR count). The zero-order chi connectivity index (χ0) is 13.2. The van der Waals surface area contributed by atoms with Crippen LogP contribution in [0.2, 0.25) is 0 Å². The summed E-state index contributed by atoms with van der Waals surface area (Å²) >= 11 is 0. The van der Waals surface area contributed by atoms with Crippen molar-refractivity contribution < 1.29 is 8.42 Å². The molecule has 1 aliphatic carbocycles. The summed E-state index contributed by atoms with van der Waals surface area (Å²) in [6.45, 7) is 3.56. The molecule has 0 amide bonds. The fourth-order valence-corrected chi connectivity index (χ4v) is 3.61. The molecular formula is C12H21N3O2S. The van der Waals surface area contributed by atoms with Crippen LogP contribution in [0.1, 0.15) is 31.9 Å². The molecule has 1 aromatic rings. The summed E-state index contributed by atoms with van der Waals surface area (Å²) in [5, 5.41) is 0. The highest BCUT2D eigenvalue weighted by molar-refractivity contribution is 7.89. The molecular weight excluding hydrogens is 250 g/mol. The number of H-pyrrole nitrogens is 1. The van der Waals surface area contributed by atoms with Gasteiger partial charge >= 0.3 is 0 Å². The smallest absolute Gasteiger partial charge is 0.244 e. The van der Waals surface area contributed by atoms with E-state index in [1.807, 2.05) is 6.92 Å². The molecule has 0 unspecified atom stereocenters. The number of nitrogens with zero attached hydrogens (tertiary/aromatic N) is 1. The Labute approximate surface area is 108 Å². The summed E-state index contributed by atoms with van der Waals surface area (Å²) in [5.74, 6) is 0.555. The first-order valence-corrected chi connectivity index (χ1v) is 7.89. The summed E-state index contributed by atoms with van der Waals surface area (Å²) in [6, 6.07) is 1.63. The highest BCUT2D eigenvalue weighted by atomic mass is 32.2. The van der Waals surface area contributed by atoms with E-state index in [9.17, 15) is 8.42 Å². The normalized spacial score (nSPS) is 16.4. The molecule has 0 bridgehead atoms. The van der Waals surface area contributed by atoms with E-state index in [-0.39, 0.29) is 0 Å². The first kappa shape index (κ1) is 13.6. The van der Waals surface area contributed by atoms with Crippen LogP contribution in [-0.4, -0.2) is 30.8 Å².